The lowest BCUT2D eigenvalue weighted by atomic mass is 9.90. The fraction of sp³-hybridized carbons (Fsp3) is 0.882. The summed E-state index contributed by atoms with van der Waals surface area (Å²) in [6.07, 6.45) is 0.588. The summed E-state index contributed by atoms with van der Waals surface area (Å²) in [6, 6.07) is 0.868. The van der Waals surface area contributed by atoms with Gasteiger partial charge in [0.25, 0.3) is 0 Å². The molecular formula is C17H34N2O4Si. The molecule has 1 saturated heterocycles. The Balaban J connectivity index is 2.48. The van der Waals surface area contributed by atoms with Gasteiger partial charge in [-0.05, 0) is 33.2 Å². The molecule has 1 aliphatic heterocycles. The van der Waals surface area contributed by atoms with E-state index in [9.17, 15) is 9.59 Å². The van der Waals surface area contributed by atoms with Gasteiger partial charge in [-0.3, -0.25) is 4.79 Å². The van der Waals surface area contributed by atoms with Gasteiger partial charge < -0.3 is 20.1 Å². The highest BCUT2D eigenvalue weighted by atomic mass is 28.3. The SMILES string of the molecule is CC(C)(C)OC(=O)N1CC[C@@H](N)[C@@H](CC(=O)OCC[Si](C)(C)C)C1. The molecule has 1 fully saturated rings. The van der Waals surface area contributed by atoms with Crippen molar-refractivity contribution in [1.29, 1.82) is 0 Å². The summed E-state index contributed by atoms with van der Waals surface area (Å²) in [7, 11) is -1.21. The predicted molar refractivity (Wildman–Crippen MR) is 97.6 cm³/mol. The lowest BCUT2D eigenvalue weighted by Gasteiger charge is -2.37. The van der Waals surface area contributed by atoms with E-state index in [-0.39, 0.29) is 30.4 Å². The average Bonchev–Trinajstić information content (AvgIpc) is 2.37. The largest absolute Gasteiger partial charge is 0.466 e. The zero-order valence-electron chi connectivity index (χ0n) is 16.1. The molecule has 0 unspecified atom stereocenters. The summed E-state index contributed by atoms with van der Waals surface area (Å²) in [5.74, 6) is -0.301. The molecule has 1 heterocycles. The van der Waals surface area contributed by atoms with Gasteiger partial charge in [-0.25, -0.2) is 4.79 Å². The number of nitrogens with two attached hydrogens (primary N) is 1. The van der Waals surface area contributed by atoms with Gasteiger partial charge in [0.2, 0.25) is 0 Å². The fourth-order valence-electron chi connectivity index (χ4n) is 2.50. The van der Waals surface area contributed by atoms with Crippen molar-refractivity contribution in [3.63, 3.8) is 0 Å². The van der Waals surface area contributed by atoms with Gasteiger partial charge in [-0.1, -0.05) is 19.6 Å². The van der Waals surface area contributed by atoms with E-state index in [0.717, 1.165) is 6.04 Å². The Bertz CT molecular complexity index is 443. The van der Waals surface area contributed by atoms with Gasteiger partial charge in [0.1, 0.15) is 5.60 Å². The van der Waals surface area contributed by atoms with E-state index in [1.165, 1.54) is 0 Å². The molecule has 0 radical (unpaired) electrons. The molecule has 0 aliphatic carbocycles. The van der Waals surface area contributed by atoms with Crippen molar-refractivity contribution in [3.8, 4) is 0 Å². The minimum atomic E-state index is -1.21. The number of piperidine rings is 1. The van der Waals surface area contributed by atoms with Crippen LogP contribution in [0.5, 0.6) is 0 Å². The maximum Gasteiger partial charge on any atom is 0.410 e. The quantitative estimate of drug-likeness (QED) is 0.603. The molecule has 1 amide bonds. The van der Waals surface area contributed by atoms with Crippen LogP contribution in [-0.2, 0) is 14.3 Å². The Morgan fingerprint density at radius 3 is 2.42 bits per heavy atom. The molecule has 0 spiro atoms. The van der Waals surface area contributed by atoms with E-state index in [1.807, 2.05) is 20.8 Å². The van der Waals surface area contributed by atoms with Gasteiger partial charge >= 0.3 is 12.1 Å². The van der Waals surface area contributed by atoms with Crippen LogP contribution in [0.3, 0.4) is 0 Å². The van der Waals surface area contributed by atoms with E-state index in [4.69, 9.17) is 15.2 Å². The lowest BCUT2D eigenvalue weighted by Crippen LogP contribution is -2.51. The maximum atomic E-state index is 12.2. The van der Waals surface area contributed by atoms with Crippen molar-refractivity contribution in [3.05, 3.63) is 0 Å². The van der Waals surface area contributed by atoms with Gasteiger partial charge in [-0.2, -0.15) is 0 Å². The van der Waals surface area contributed by atoms with Crippen LogP contribution in [0, 0.1) is 5.92 Å². The minimum absolute atomic E-state index is 0.0781. The molecule has 0 bridgehead atoms. The minimum Gasteiger partial charge on any atom is -0.466 e. The number of rotatable bonds is 5. The highest BCUT2D eigenvalue weighted by molar-refractivity contribution is 6.76. The summed E-state index contributed by atoms with van der Waals surface area (Å²) in [4.78, 5) is 25.9. The van der Waals surface area contributed by atoms with E-state index in [1.54, 1.807) is 4.90 Å². The zero-order chi connectivity index (χ0) is 18.5. The third-order valence-electron chi connectivity index (χ3n) is 3.99. The molecule has 140 valence electrons. The summed E-state index contributed by atoms with van der Waals surface area (Å²) in [6.45, 7) is 13.8. The van der Waals surface area contributed by atoms with E-state index < -0.39 is 13.7 Å². The molecule has 7 heteroatoms. The first kappa shape index (κ1) is 21.0. The summed E-state index contributed by atoms with van der Waals surface area (Å²) in [5, 5.41) is 0. The van der Waals surface area contributed by atoms with Crippen molar-refractivity contribution in [1.82, 2.24) is 4.90 Å². The van der Waals surface area contributed by atoms with Crippen molar-refractivity contribution in [2.45, 2.75) is 70.9 Å². The van der Waals surface area contributed by atoms with E-state index >= 15 is 0 Å². The number of carbonyl (C=O) groups excluding carboxylic acids is 2. The molecule has 24 heavy (non-hydrogen) atoms. The monoisotopic (exact) mass is 358 g/mol. The zero-order valence-corrected chi connectivity index (χ0v) is 17.1. The third kappa shape index (κ3) is 8.15. The highest BCUT2D eigenvalue weighted by Gasteiger charge is 2.33. The number of hydrogen-bond donors (Lipinski definition) is 1. The van der Waals surface area contributed by atoms with E-state index in [2.05, 4.69) is 19.6 Å². The normalized spacial score (nSPS) is 22.2. The molecule has 0 aromatic carbocycles. The third-order valence-corrected chi connectivity index (χ3v) is 5.69. The van der Waals surface area contributed by atoms with Crippen LogP contribution in [0.1, 0.15) is 33.6 Å². The van der Waals surface area contributed by atoms with Gasteiger partial charge in [0.05, 0.1) is 13.0 Å². The Labute approximate surface area is 147 Å². The van der Waals surface area contributed by atoms with Crippen LogP contribution in [0.15, 0.2) is 0 Å². The second-order valence-electron chi connectivity index (χ2n) is 8.87. The summed E-state index contributed by atoms with van der Waals surface area (Å²) >= 11 is 0. The van der Waals surface area contributed by atoms with E-state index in [0.29, 0.717) is 26.1 Å². The van der Waals surface area contributed by atoms with Crippen LogP contribution < -0.4 is 5.73 Å². The average molecular weight is 359 g/mol. The highest BCUT2D eigenvalue weighted by Crippen LogP contribution is 2.22. The summed E-state index contributed by atoms with van der Waals surface area (Å²) in [5.41, 5.74) is 5.61. The van der Waals surface area contributed by atoms with Crippen LogP contribution in [0.25, 0.3) is 0 Å². The smallest absolute Gasteiger partial charge is 0.410 e. The number of hydrogen-bond acceptors (Lipinski definition) is 5. The second kappa shape index (κ2) is 8.34. The maximum absolute atomic E-state index is 12.2. The molecular weight excluding hydrogens is 324 g/mol. The first-order chi connectivity index (χ1) is 10.9. The lowest BCUT2D eigenvalue weighted by molar-refractivity contribution is -0.144. The molecule has 0 aromatic heterocycles. The Kier molecular flexibility index (Phi) is 7.28. The number of ether oxygens (including phenoxy) is 2. The van der Waals surface area contributed by atoms with Crippen molar-refractivity contribution >= 4 is 20.1 Å². The first-order valence-corrected chi connectivity index (χ1v) is 12.5. The second-order valence-corrected chi connectivity index (χ2v) is 14.5. The van der Waals surface area contributed by atoms with Crippen molar-refractivity contribution in [2.24, 2.45) is 11.7 Å². The Morgan fingerprint density at radius 2 is 1.88 bits per heavy atom. The molecule has 2 atom stereocenters. The van der Waals surface area contributed by atoms with Crippen LogP contribution in [-0.4, -0.2) is 56.4 Å². The molecule has 1 aliphatic rings. The van der Waals surface area contributed by atoms with Crippen LogP contribution >= 0.6 is 0 Å². The first-order valence-electron chi connectivity index (χ1n) is 8.76. The molecule has 1 rings (SSSR count). The fourth-order valence-corrected chi connectivity index (χ4v) is 3.22. The van der Waals surface area contributed by atoms with Gasteiger partial charge in [0.15, 0.2) is 0 Å². The van der Waals surface area contributed by atoms with Crippen LogP contribution in [0.2, 0.25) is 25.7 Å². The van der Waals surface area contributed by atoms with Crippen molar-refractivity contribution < 1.29 is 19.1 Å². The topological polar surface area (TPSA) is 81.9 Å². The van der Waals surface area contributed by atoms with Crippen LogP contribution in [0.4, 0.5) is 4.79 Å². The number of nitrogens with zero attached hydrogens (tertiary/aromatic N) is 1. The predicted octanol–water partition coefficient (Wildman–Crippen LogP) is 2.84. The van der Waals surface area contributed by atoms with Gasteiger partial charge in [0, 0.05) is 33.1 Å². The standard InChI is InChI=1S/C17H34N2O4Si/c1-17(2,3)23-16(21)19-8-7-14(18)13(12-19)11-15(20)22-9-10-24(4,5)6/h13-14H,7-12,18H2,1-6H3/t13-,14+/m0/s1. The molecule has 0 aromatic rings. The van der Waals surface area contributed by atoms with Crippen molar-refractivity contribution in [2.75, 3.05) is 19.7 Å². The Morgan fingerprint density at radius 1 is 1.25 bits per heavy atom. The number of carbonyl (C=O) groups is 2. The summed E-state index contributed by atoms with van der Waals surface area (Å²) < 4.78 is 10.8. The number of esters is 1. The molecule has 2 N–H and O–H groups in total. The Hall–Kier alpha value is -1.08. The molecule has 0 saturated carbocycles. The number of likely N-dealkylation sites (tertiary alicyclic amines) is 1. The van der Waals surface area contributed by atoms with Gasteiger partial charge in [-0.15, -0.1) is 0 Å². The number of amides is 1. The molecule has 6 nitrogen and oxygen atoms in total.